The standard InChI is InChI=1S/C9H13F2NO2/c1-3-5-12(2)9(13)4-6-14-7-8(10)11/h1,8H,4-7H2,2H3. The number of rotatable bonds is 6. The summed E-state index contributed by atoms with van der Waals surface area (Å²) in [6.45, 7) is -0.419. The number of terminal acetylenes is 1. The summed E-state index contributed by atoms with van der Waals surface area (Å²) in [5.74, 6) is 2.09. The average molecular weight is 205 g/mol. The van der Waals surface area contributed by atoms with E-state index in [1.165, 1.54) is 4.90 Å². The van der Waals surface area contributed by atoms with Crippen molar-refractivity contribution in [2.24, 2.45) is 0 Å². The second-order valence-electron chi connectivity index (χ2n) is 2.67. The molecule has 0 radical (unpaired) electrons. The van der Waals surface area contributed by atoms with Crippen molar-refractivity contribution in [2.45, 2.75) is 12.8 Å². The molecule has 0 saturated heterocycles. The molecule has 0 rings (SSSR count). The Morgan fingerprint density at radius 1 is 1.64 bits per heavy atom. The molecule has 0 aliphatic rings. The van der Waals surface area contributed by atoms with Gasteiger partial charge in [0.05, 0.1) is 19.6 Å². The van der Waals surface area contributed by atoms with Gasteiger partial charge in [0.1, 0.15) is 6.61 Å². The van der Waals surface area contributed by atoms with Gasteiger partial charge in [-0.1, -0.05) is 5.92 Å². The van der Waals surface area contributed by atoms with Crippen molar-refractivity contribution in [1.82, 2.24) is 4.90 Å². The molecule has 0 bridgehead atoms. The van der Waals surface area contributed by atoms with Crippen molar-refractivity contribution in [2.75, 3.05) is 26.8 Å². The number of nitrogens with zero attached hydrogens (tertiary/aromatic N) is 1. The normalized spacial score (nSPS) is 9.93. The molecule has 0 aliphatic carbocycles. The molecule has 0 fully saturated rings. The Kier molecular flexibility index (Phi) is 6.68. The zero-order chi connectivity index (χ0) is 11.0. The van der Waals surface area contributed by atoms with Gasteiger partial charge in [0, 0.05) is 7.05 Å². The summed E-state index contributed by atoms with van der Waals surface area (Å²) in [4.78, 5) is 12.5. The molecule has 0 heterocycles. The maximum absolute atomic E-state index is 11.6. The number of halogens is 2. The maximum atomic E-state index is 11.6. The van der Waals surface area contributed by atoms with Crippen molar-refractivity contribution in [3.05, 3.63) is 0 Å². The van der Waals surface area contributed by atoms with Gasteiger partial charge in [-0.25, -0.2) is 8.78 Å². The van der Waals surface area contributed by atoms with Crippen LogP contribution in [0.4, 0.5) is 8.78 Å². The van der Waals surface area contributed by atoms with E-state index in [4.69, 9.17) is 6.42 Å². The van der Waals surface area contributed by atoms with Crippen molar-refractivity contribution < 1.29 is 18.3 Å². The second kappa shape index (κ2) is 7.27. The van der Waals surface area contributed by atoms with Crippen LogP contribution in [-0.4, -0.2) is 44.0 Å². The predicted molar refractivity (Wildman–Crippen MR) is 47.9 cm³/mol. The molecule has 0 aromatic heterocycles. The Morgan fingerprint density at radius 3 is 2.79 bits per heavy atom. The fourth-order valence-electron chi connectivity index (χ4n) is 0.748. The van der Waals surface area contributed by atoms with E-state index < -0.39 is 13.0 Å². The van der Waals surface area contributed by atoms with Gasteiger partial charge in [-0.3, -0.25) is 4.79 Å². The van der Waals surface area contributed by atoms with E-state index in [1.807, 2.05) is 0 Å². The zero-order valence-electron chi connectivity index (χ0n) is 8.00. The van der Waals surface area contributed by atoms with Crippen LogP contribution in [0.3, 0.4) is 0 Å². The summed E-state index contributed by atoms with van der Waals surface area (Å²) in [5.41, 5.74) is 0. The van der Waals surface area contributed by atoms with E-state index >= 15 is 0 Å². The lowest BCUT2D eigenvalue weighted by Crippen LogP contribution is -2.28. The van der Waals surface area contributed by atoms with Crippen molar-refractivity contribution in [3.63, 3.8) is 0 Å². The highest BCUT2D eigenvalue weighted by Gasteiger charge is 2.08. The Balaban J connectivity index is 3.50. The largest absolute Gasteiger partial charge is 0.375 e. The summed E-state index contributed by atoms with van der Waals surface area (Å²) in [7, 11) is 1.55. The van der Waals surface area contributed by atoms with E-state index in [1.54, 1.807) is 7.05 Å². The number of carbonyl (C=O) groups excluding carboxylic acids is 1. The van der Waals surface area contributed by atoms with E-state index in [9.17, 15) is 13.6 Å². The quantitative estimate of drug-likeness (QED) is 0.473. The number of carbonyl (C=O) groups is 1. The van der Waals surface area contributed by atoms with Crippen LogP contribution in [0.1, 0.15) is 6.42 Å². The molecule has 0 spiro atoms. The molecule has 80 valence electrons. The number of amides is 1. The molecule has 3 nitrogen and oxygen atoms in total. The first-order valence-corrected chi connectivity index (χ1v) is 4.11. The first-order chi connectivity index (χ1) is 6.57. The van der Waals surface area contributed by atoms with Crippen molar-refractivity contribution in [1.29, 1.82) is 0 Å². The Labute approximate surface area is 82.0 Å². The maximum Gasteiger partial charge on any atom is 0.261 e. The summed E-state index contributed by atoms with van der Waals surface area (Å²) >= 11 is 0. The Hall–Kier alpha value is -1.15. The van der Waals surface area contributed by atoms with Crippen molar-refractivity contribution >= 4 is 5.91 Å². The van der Waals surface area contributed by atoms with Crippen LogP contribution in [0.2, 0.25) is 0 Å². The molecule has 0 N–H and O–H groups in total. The summed E-state index contributed by atoms with van der Waals surface area (Å²) < 4.78 is 27.7. The number of alkyl halides is 2. The van der Waals surface area contributed by atoms with E-state index in [-0.39, 0.29) is 25.5 Å². The van der Waals surface area contributed by atoms with Gasteiger partial charge in [0.15, 0.2) is 0 Å². The SMILES string of the molecule is C#CCN(C)C(=O)CCOCC(F)F. The average Bonchev–Trinajstić information content (AvgIpc) is 2.12. The van der Waals surface area contributed by atoms with E-state index in [2.05, 4.69) is 10.7 Å². The topological polar surface area (TPSA) is 29.5 Å². The third kappa shape index (κ3) is 6.38. The Morgan fingerprint density at radius 2 is 2.29 bits per heavy atom. The second-order valence-corrected chi connectivity index (χ2v) is 2.67. The smallest absolute Gasteiger partial charge is 0.261 e. The van der Waals surface area contributed by atoms with Gasteiger partial charge < -0.3 is 9.64 Å². The molecule has 0 aromatic rings. The van der Waals surface area contributed by atoms with Crippen LogP contribution in [0, 0.1) is 12.3 Å². The number of hydrogen-bond donors (Lipinski definition) is 0. The van der Waals surface area contributed by atoms with Crippen molar-refractivity contribution in [3.8, 4) is 12.3 Å². The van der Waals surface area contributed by atoms with E-state index in [0.717, 1.165) is 0 Å². The van der Waals surface area contributed by atoms with Crippen LogP contribution in [-0.2, 0) is 9.53 Å². The molecule has 0 aliphatic heterocycles. The van der Waals surface area contributed by atoms with Crippen LogP contribution in [0.5, 0.6) is 0 Å². The molecule has 5 heteroatoms. The van der Waals surface area contributed by atoms with Gasteiger partial charge >= 0.3 is 0 Å². The molecule has 0 unspecified atom stereocenters. The lowest BCUT2D eigenvalue weighted by Gasteiger charge is -2.13. The third-order valence-corrected chi connectivity index (χ3v) is 1.46. The van der Waals surface area contributed by atoms with Crippen LogP contribution >= 0.6 is 0 Å². The minimum atomic E-state index is -2.49. The lowest BCUT2D eigenvalue weighted by atomic mass is 10.4. The fourth-order valence-corrected chi connectivity index (χ4v) is 0.748. The van der Waals surface area contributed by atoms with Crippen LogP contribution < -0.4 is 0 Å². The predicted octanol–water partition coefficient (Wildman–Crippen LogP) is 0.750. The van der Waals surface area contributed by atoms with Crippen LogP contribution in [0.15, 0.2) is 0 Å². The number of ether oxygens (including phenoxy) is 1. The minimum absolute atomic E-state index is 0.00190. The Bertz CT molecular complexity index is 213. The molecular weight excluding hydrogens is 192 g/mol. The third-order valence-electron chi connectivity index (χ3n) is 1.46. The van der Waals surface area contributed by atoms with E-state index in [0.29, 0.717) is 0 Å². The first-order valence-electron chi connectivity index (χ1n) is 4.11. The van der Waals surface area contributed by atoms with Gasteiger partial charge in [0.25, 0.3) is 6.43 Å². The lowest BCUT2D eigenvalue weighted by molar-refractivity contribution is -0.130. The van der Waals surface area contributed by atoms with Gasteiger partial charge in [-0.15, -0.1) is 6.42 Å². The number of hydrogen-bond acceptors (Lipinski definition) is 2. The molecular formula is C9H13F2NO2. The monoisotopic (exact) mass is 205 g/mol. The van der Waals surface area contributed by atoms with Gasteiger partial charge in [0.2, 0.25) is 5.91 Å². The summed E-state index contributed by atoms with van der Waals surface area (Å²) in [6.07, 6.45) is 2.57. The molecule has 0 saturated carbocycles. The van der Waals surface area contributed by atoms with Gasteiger partial charge in [-0.05, 0) is 0 Å². The highest BCUT2D eigenvalue weighted by molar-refractivity contribution is 5.76. The molecule has 1 amide bonds. The molecule has 14 heavy (non-hydrogen) atoms. The fraction of sp³-hybridized carbons (Fsp3) is 0.667. The van der Waals surface area contributed by atoms with Gasteiger partial charge in [-0.2, -0.15) is 0 Å². The zero-order valence-corrected chi connectivity index (χ0v) is 8.00. The summed E-state index contributed by atoms with van der Waals surface area (Å²) in [6, 6.07) is 0. The molecule has 0 atom stereocenters. The molecule has 0 aromatic carbocycles. The summed E-state index contributed by atoms with van der Waals surface area (Å²) in [5, 5.41) is 0. The minimum Gasteiger partial charge on any atom is -0.375 e. The highest BCUT2D eigenvalue weighted by atomic mass is 19.3. The first kappa shape index (κ1) is 12.8. The van der Waals surface area contributed by atoms with Crippen LogP contribution in [0.25, 0.3) is 0 Å². The highest BCUT2D eigenvalue weighted by Crippen LogP contribution is 1.95.